The zero-order valence-electron chi connectivity index (χ0n) is 12.3. The van der Waals surface area contributed by atoms with Gasteiger partial charge in [0.2, 0.25) is 5.91 Å². The van der Waals surface area contributed by atoms with Crippen LogP contribution in [0, 0.1) is 6.92 Å². The van der Waals surface area contributed by atoms with Crippen molar-refractivity contribution in [2.24, 2.45) is 0 Å². The minimum Gasteiger partial charge on any atom is -0.399 e. The van der Waals surface area contributed by atoms with E-state index in [9.17, 15) is 4.79 Å². The maximum Gasteiger partial charge on any atom is 0.241 e. The van der Waals surface area contributed by atoms with E-state index in [-0.39, 0.29) is 18.0 Å². The summed E-state index contributed by atoms with van der Waals surface area (Å²) in [5.74, 6) is 0.00613. The van der Waals surface area contributed by atoms with Crippen molar-refractivity contribution in [1.82, 2.24) is 4.90 Å². The van der Waals surface area contributed by atoms with E-state index in [4.69, 9.17) is 10.5 Å². The van der Waals surface area contributed by atoms with Crippen LogP contribution in [0.1, 0.15) is 19.4 Å². The third kappa shape index (κ3) is 3.29. The molecule has 1 fully saturated rings. The van der Waals surface area contributed by atoms with Crippen LogP contribution in [0.2, 0.25) is 0 Å². The largest absolute Gasteiger partial charge is 0.399 e. The standard InChI is InChI=1S/C15H23N3O2/c1-10-8-13(16)4-5-14(10)17-15(19)12(3)18-6-7-20-9-11(18)2/h4-5,8,11-12H,6-7,9,16H2,1-3H3,(H,17,19). The molecular weight excluding hydrogens is 254 g/mol. The average Bonchev–Trinajstić information content (AvgIpc) is 2.41. The number of aryl methyl sites for hydroxylation is 1. The summed E-state index contributed by atoms with van der Waals surface area (Å²) in [6, 6.07) is 5.59. The topological polar surface area (TPSA) is 67.6 Å². The van der Waals surface area contributed by atoms with Crippen LogP contribution >= 0.6 is 0 Å². The first-order chi connectivity index (χ1) is 9.49. The number of morpholine rings is 1. The van der Waals surface area contributed by atoms with E-state index >= 15 is 0 Å². The van der Waals surface area contributed by atoms with Crippen LogP contribution in [0.4, 0.5) is 11.4 Å². The molecule has 0 saturated carbocycles. The number of benzene rings is 1. The molecule has 110 valence electrons. The van der Waals surface area contributed by atoms with Crippen molar-refractivity contribution in [2.75, 3.05) is 30.8 Å². The molecule has 1 aromatic rings. The van der Waals surface area contributed by atoms with Crippen LogP contribution in [0.3, 0.4) is 0 Å². The number of anilines is 2. The smallest absolute Gasteiger partial charge is 0.241 e. The molecule has 0 bridgehead atoms. The first-order valence-corrected chi connectivity index (χ1v) is 6.99. The molecule has 1 aromatic carbocycles. The Morgan fingerprint density at radius 3 is 2.95 bits per heavy atom. The zero-order chi connectivity index (χ0) is 14.7. The summed E-state index contributed by atoms with van der Waals surface area (Å²) in [6.45, 7) is 8.10. The number of carbonyl (C=O) groups excluding carboxylic acids is 1. The molecule has 1 aliphatic rings. The lowest BCUT2D eigenvalue weighted by atomic mass is 10.1. The van der Waals surface area contributed by atoms with Gasteiger partial charge < -0.3 is 15.8 Å². The van der Waals surface area contributed by atoms with Crippen LogP contribution in [0.25, 0.3) is 0 Å². The quantitative estimate of drug-likeness (QED) is 0.824. The molecule has 3 N–H and O–H groups in total. The van der Waals surface area contributed by atoms with Crippen LogP contribution in [-0.4, -0.2) is 42.6 Å². The van der Waals surface area contributed by atoms with Gasteiger partial charge in [0, 0.05) is 24.0 Å². The van der Waals surface area contributed by atoms with Gasteiger partial charge in [-0.25, -0.2) is 0 Å². The van der Waals surface area contributed by atoms with E-state index in [1.54, 1.807) is 6.07 Å². The Labute approximate surface area is 120 Å². The van der Waals surface area contributed by atoms with E-state index in [2.05, 4.69) is 17.1 Å². The fourth-order valence-corrected chi connectivity index (χ4v) is 2.53. The predicted molar refractivity (Wildman–Crippen MR) is 80.7 cm³/mol. The fourth-order valence-electron chi connectivity index (χ4n) is 2.53. The highest BCUT2D eigenvalue weighted by Gasteiger charge is 2.28. The second-order valence-electron chi connectivity index (χ2n) is 5.40. The SMILES string of the molecule is Cc1cc(N)ccc1NC(=O)C(C)N1CCOCC1C. The number of nitrogens with zero attached hydrogens (tertiary/aromatic N) is 1. The van der Waals surface area contributed by atoms with Crippen molar-refractivity contribution in [1.29, 1.82) is 0 Å². The number of nitrogens with one attached hydrogen (secondary N) is 1. The summed E-state index contributed by atoms with van der Waals surface area (Å²) in [5, 5.41) is 2.98. The van der Waals surface area contributed by atoms with E-state index in [1.165, 1.54) is 0 Å². The Hall–Kier alpha value is -1.59. The second kappa shape index (κ2) is 6.24. The first kappa shape index (κ1) is 14.8. The lowest BCUT2D eigenvalue weighted by Gasteiger charge is -2.37. The van der Waals surface area contributed by atoms with Crippen LogP contribution in [0.5, 0.6) is 0 Å². The molecule has 0 aromatic heterocycles. The Balaban J connectivity index is 2.03. The second-order valence-corrected chi connectivity index (χ2v) is 5.40. The van der Waals surface area contributed by atoms with Crippen molar-refractivity contribution < 1.29 is 9.53 Å². The average molecular weight is 277 g/mol. The molecule has 0 spiro atoms. The van der Waals surface area contributed by atoms with Gasteiger partial charge in [-0.05, 0) is 44.5 Å². The zero-order valence-corrected chi connectivity index (χ0v) is 12.3. The first-order valence-electron chi connectivity index (χ1n) is 6.99. The van der Waals surface area contributed by atoms with Gasteiger partial charge in [-0.1, -0.05) is 0 Å². The highest BCUT2D eigenvalue weighted by molar-refractivity contribution is 5.95. The Kier molecular flexibility index (Phi) is 4.62. The number of amides is 1. The van der Waals surface area contributed by atoms with Gasteiger partial charge in [-0.3, -0.25) is 9.69 Å². The molecule has 1 heterocycles. The van der Waals surface area contributed by atoms with E-state index in [0.29, 0.717) is 18.9 Å². The van der Waals surface area contributed by atoms with Gasteiger partial charge >= 0.3 is 0 Å². The number of rotatable bonds is 3. The number of hydrogen-bond acceptors (Lipinski definition) is 4. The van der Waals surface area contributed by atoms with Crippen molar-refractivity contribution in [3.8, 4) is 0 Å². The third-order valence-electron chi connectivity index (χ3n) is 3.80. The number of ether oxygens (including phenoxy) is 1. The Morgan fingerprint density at radius 1 is 1.55 bits per heavy atom. The van der Waals surface area contributed by atoms with Gasteiger partial charge in [0.25, 0.3) is 0 Å². The fraction of sp³-hybridized carbons (Fsp3) is 0.533. The van der Waals surface area contributed by atoms with Gasteiger partial charge in [0.1, 0.15) is 0 Å². The summed E-state index contributed by atoms with van der Waals surface area (Å²) in [5.41, 5.74) is 8.21. The normalized spacial score (nSPS) is 21.4. The summed E-state index contributed by atoms with van der Waals surface area (Å²) in [7, 11) is 0. The molecule has 0 aliphatic carbocycles. The minimum absolute atomic E-state index is 0.00613. The third-order valence-corrected chi connectivity index (χ3v) is 3.80. The van der Waals surface area contributed by atoms with Gasteiger partial charge in [-0.15, -0.1) is 0 Å². The van der Waals surface area contributed by atoms with E-state index < -0.39 is 0 Å². The molecule has 2 unspecified atom stereocenters. The number of carbonyl (C=O) groups is 1. The molecule has 1 amide bonds. The molecule has 0 radical (unpaired) electrons. The molecule has 2 rings (SSSR count). The van der Waals surface area contributed by atoms with Gasteiger partial charge in [0.05, 0.1) is 19.3 Å². The molecule has 2 atom stereocenters. The maximum atomic E-state index is 12.4. The summed E-state index contributed by atoms with van der Waals surface area (Å²) >= 11 is 0. The number of nitrogens with two attached hydrogens (primary N) is 1. The number of nitrogen functional groups attached to an aromatic ring is 1. The summed E-state index contributed by atoms with van der Waals surface area (Å²) in [6.07, 6.45) is 0. The van der Waals surface area contributed by atoms with Crippen LogP contribution in [-0.2, 0) is 9.53 Å². The van der Waals surface area contributed by atoms with Gasteiger partial charge in [-0.2, -0.15) is 0 Å². The lowest BCUT2D eigenvalue weighted by Crippen LogP contribution is -2.52. The molecule has 1 saturated heterocycles. The summed E-state index contributed by atoms with van der Waals surface area (Å²) < 4.78 is 5.41. The Morgan fingerprint density at radius 2 is 2.30 bits per heavy atom. The monoisotopic (exact) mass is 277 g/mol. The van der Waals surface area contributed by atoms with Gasteiger partial charge in [0.15, 0.2) is 0 Å². The van der Waals surface area contributed by atoms with Crippen molar-refractivity contribution >= 4 is 17.3 Å². The maximum absolute atomic E-state index is 12.4. The lowest BCUT2D eigenvalue weighted by molar-refractivity contribution is -0.124. The van der Waals surface area contributed by atoms with Crippen LogP contribution in [0.15, 0.2) is 18.2 Å². The molecular formula is C15H23N3O2. The number of hydrogen-bond donors (Lipinski definition) is 2. The minimum atomic E-state index is -0.175. The summed E-state index contributed by atoms with van der Waals surface area (Å²) in [4.78, 5) is 14.5. The molecule has 5 heteroatoms. The van der Waals surface area contributed by atoms with Crippen molar-refractivity contribution in [3.05, 3.63) is 23.8 Å². The Bertz CT molecular complexity index is 490. The van der Waals surface area contributed by atoms with Crippen molar-refractivity contribution in [3.63, 3.8) is 0 Å². The molecule has 5 nitrogen and oxygen atoms in total. The predicted octanol–water partition coefficient (Wildman–Crippen LogP) is 1.62. The van der Waals surface area contributed by atoms with Crippen molar-refractivity contribution in [2.45, 2.75) is 32.9 Å². The molecule has 1 aliphatic heterocycles. The highest BCUT2D eigenvalue weighted by atomic mass is 16.5. The van der Waals surface area contributed by atoms with Crippen LogP contribution < -0.4 is 11.1 Å². The van der Waals surface area contributed by atoms with E-state index in [0.717, 1.165) is 17.8 Å². The van der Waals surface area contributed by atoms with E-state index in [1.807, 2.05) is 26.0 Å². The molecule has 20 heavy (non-hydrogen) atoms. The highest BCUT2D eigenvalue weighted by Crippen LogP contribution is 2.19.